The fourth-order valence-corrected chi connectivity index (χ4v) is 2.28. The molecular formula is C15H14BrF2N5O2. The summed E-state index contributed by atoms with van der Waals surface area (Å²) in [4.78, 5) is 25.9. The summed E-state index contributed by atoms with van der Waals surface area (Å²) < 4.78 is 28.7. The zero-order valence-electron chi connectivity index (χ0n) is 13.0. The summed E-state index contributed by atoms with van der Waals surface area (Å²) in [5.41, 5.74) is 0.574. The zero-order valence-corrected chi connectivity index (χ0v) is 14.6. The van der Waals surface area contributed by atoms with Crippen molar-refractivity contribution in [1.82, 2.24) is 15.4 Å². The van der Waals surface area contributed by atoms with Crippen LogP contribution in [0.4, 0.5) is 20.2 Å². The van der Waals surface area contributed by atoms with Gasteiger partial charge >= 0.3 is 0 Å². The number of aromatic nitrogens is 1. The minimum absolute atomic E-state index is 0.102. The zero-order chi connectivity index (χ0) is 18.6. The number of carbonyl (C=O) groups excluding carboxylic acids is 1. The van der Waals surface area contributed by atoms with Gasteiger partial charge in [-0.05, 0) is 18.2 Å². The van der Waals surface area contributed by atoms with Crippen molar-refractivity contribution >= 4 is 39.4 Å². The predicted molar refractivity (Wildman–Crippen MR) is 93.3 cm³/mol. The average Bonchev–Trinajstić information content (AvgIpc) is 2.54. The number of hydrogen-bond donors (Lipinski definition) is 4. The molecular weight excluding hydrogens is 400 g/mol. The molecule has 1 aromatic carbocycles. The Labute approximate surface area is 149 Å². The van der Waals surface area contributed by atoms with Crippen LogP contribution in [-0.2, 0) is 0 Å². The van der Waals surface area contributed by atoms with E-state index in [-0.39, 0.29) is 17.8 Å². The number of carbonyl (C=O) groups is 1. The molecule has 0 aliphatic rings. The standard InChI is InChI=1S/C15H14BrF2N5O2/c1-23(5-4-19)22-14(24)9-7-20-15(25)12(18)13(9)21-11-3-2-8(16)6-10(11)17/h2-4,6-7,19H,5H2,1H3,(H,22,24)(H2,20,21,25). The second-order valence-corrected chi connectivity index (χ2v) is 5.91. The van der Waals surface area contributed by atoms with Crippen LogP contribution >= 0.6 is 15.9 Å². The first-order valence-electron chi connectivity index (χ1n) is 6.97. The van der Waals surface area contributed by atoms with Gasteiger partial charge in [0.05, 0.1) is 23.5 Å². The Morgan fingerprint density at radius 1 is 1.44 bits per heavy atom. The summed E-state index contributed by atoms with van der Waals surface area (Å²) in [7, 11) is 1.51. The van der Waals surface area contributed by atoms with Crippen LogP contribution in [0.2, 0.25) is 0 Å². The summed E-state index contributed by atoms with van der Waals surface area (Å²) in [6.07, 6.45) is 2.09. The molecule has 132 valence electrons. The van der Waals surface area contributed by atoms with Crippen LogP contribution in [-0.4, -0.2) is 35.7 Å². The van der Waals surface area contributed by atoms with E-state index < -0.39 is 28.8 Å². The van der Waals surface area contributed by atoms with Gasteiger partial charge in [0.25, 0.3) is 11.5 Å². The number of rotatable bonds is 6. The third-order valence-corrected chi connectivity index (χ3v) is 3.62. The van der Waals surface area contributed by atoms with Crippen molar-refractivity contribution in [3.8, 4) is 0 Å². The van der Waals surface area contributed by atoms with Gasteiger partial charge in [-0.25, -0.2) is 9.40 Å². The smallest absolute Gasteiger partial charge is 0.286 e. The lowest BCUT2D eigenvalue weighted by Gasteiger charge is -2.18. The van der Waals surface area contributed by atoms with E-state index in [0.29, 0.717) is 4.47 Å². The molecule has 25 heavy (non-hydrogen) atoms. The largest absolute Gasteiger partial charge is 0.350 e. The minimum Gasteiger partial charge on any atom is -0.350 e. The maximum absolute atomic E-state index is 14.2. The fourth-order valence-electron chi connectivity index (χ4n) is 1.95. The van der Waals surface area contributed by atoms with E-state index in [2.05, 4.69) is 31.7 Å². The number of hydrazine groups is 1. The van der Waals surface area contributed by atoms with Gasteiger partial charge in [0, 0.05) is 23.9 Å². The van der Waals surface area contributed by atoms with E-state index in [1.807, 2.05) is 0 Å². The third kappa shape index (κ3) is 4.48. The first kappa shape index (κ1) is 18.7. The lowest BCUT2D eigenvalue weighted by atomic mass is 10.2. The minimum atomic E-state index is -1.25. The lowest BCUT2D eigenvalue weighted by Crippen LogP contribution is -2.40. The Hall–Kier alpha value is -2.59. The van der Waals surface area contributed by atoms with E-state index in [4.69, 9.17) is 5.41 Å². The molecule has 0 radical (unpaired) electrons. The normalized spacial score (nSPS) is 10.6. The molecule has 7 nitrogen and oxygen atoms in total. The van der Waals surface area contributed by atoms with Crippen LogP contribution in [0.1, 0.15) is 10.4 Å². The number of amides is 1. The number of nitrogens with zero attached hydrogens (tertiary/aromatic N) is 1. The number of nitrogens with one attached hydrogen (secondary N) is 4. The lowest BCUT2D eigenvalue weighted by molar-refractivity contribution is 0.0847. The highest BCUT2D eigenvalue weighted by atomic mass is 79.9. The van der Waals surface area contributed by atoms with Gasteiger partial charge in [-0.1, -0.05) is 15.9 Å². The number of pyridine rings is 1. The van der Waals surface area contributed by atoms with Crippen LogP contribution in [0, 0.1) is 17.0 Å². The number of H-pyrrole nitrogens is 1. The molecule has 0 spiro atoms. The number of halogens is 3. The molecule has 0 saturated carbocycles. The molecule has 0 bridgehead atoms. The van der Waals surface area contributed by atoms with Crippen molar-refractivity contribution in [1.29, 1.82) is 5.41 Å². The predicted octanol–water partition coefficient (Wildman–Crippen LogP) is 2.39. The molecule has 4 N–H and O–H groups in total. The van der Waals surface area contributed by atoms with Crippen LogP contribution < -0.4 is 16.3 Å². The van der Waals surface area contributed by atoms with E-state index in [0.717, 1.165) is 18.5 Å². The Balaban J connectivity index is 2.42. The van der Waals surface area contributed by atoms with Gasteiger partial charge in [-0.15, -0.1) is 0 Å². The number of benzene rings is 1. The second kappa shape index (κ2) is 7.99. The Kier molecular flexibility index (Phi) is 5.99. The highest BCUT2D eigenvalue weighted by molar-refractivity contribution is 9.10. The van der Waals surface area contributed by atoms with Gasteiger partial charge in [0.1, 0.15) is 5.82 Å². The summed E-state index contributed by atoms with van der Waals surface area (Å²) in [5, 5.41) is 10.7. The quantitative estimate of drug-likeness (QED) is 0.431. The van der Waals surface area contributed by atoms with Crippen LogP contribution in [0.5, 0.6) is 0 Å². The fraction of sp³-hybridized carbons (Fsp3) is 0.133. The van der Waals surface area contributed by atoms with Crippen molar-refractivity contribution in [2.45, 2.75) is 0 Å². The monoisotopic (exact) mass is 413 g/mol. The molecule has 0 atom stereocenters. The van der Waals surface area contributed by atoms with Gasteiger partial charge in [-0.3, -0.25) is 15.0 Å². The SMILES string of the molecule is CN(CC=N)NC(=O)c1c[nH]c(=O)c(F)c1Nc1ccc(Br)cc1F. The van der Waals surface area contributed by atoms with Crippen LogP contribution in [0.15, 0.2) is 33.7 Å². The average molecular weight is 414 g/mol. The molecule has 1 amide bonds. The van der Waals surface area contributed by atoms with Crippen molar-refractivity contribution in [3.05, 3.63) is 56.4 Å². The summed E-state index contributed by atoms with van der Waals surface area (Å²) in [5.74, 6) is -2.68. The van der Waals surface area contributed by atoms with Crippen molar-refractivity contribution in [3.63, 3.8) is 0 Å². The number of aromatic amines is 1. The molecule has 2 rings (SSSR count). The van der Waals surface area contributed by atoms with Gasteiger partial charge in [-0.2, -0.15) is 4.39 Å². The van der Waals surface area contributed by atoms with Crippen LogP contribution in [0.25, 0.3) is 0 Å². The number of hydrogen-bond acceptors (Lipinski definition) is 5. The van der Waals surface area contributed by atoms with Gasteiger partial charge in [0.15, 0.2) is 0 Å². The Morgan fingerprint density at radius 2 is 2.16 bits per heavy atom. The first-order valence-corrected chi connectivity index (χ1v) is 7.77. The molecule has 10 heteroatoms. The first-order chi connectivity index (χ1) is 11.8. The van der Waals surface area contributed by atoms with Crippen molar-refractivity contribution in [2.24, 2.45) is 0 Å². The van der Waals surface area contributed by atoms with Crippen LogP contribution in [0.3, 0.4) is 0 Å². The molecule has 2 aromatic rings. The molecule has 0 unspecified atom stereocenters. The Morgan fingerprint density at radius 3 is 2.80 bits per heavy atom. The molecule has 0 saturated heterocycles. The maximum Gasteiger partial charge on any atom is 0.286 e. The van der Waals surface area contributed by atoms with E-state index in [1.54, 1.807) is 0 Å². The van der Waals surface area contributed by atoms with Crippen molar-refractivity contribution in [2.75, 3.05) is 18.9 Å². The topological polar surface area (TPSA) is 101 Å². The van der Waals surface area contributed by atoms with E-state index in [9.17, 15) is 18.4 Å². The van der Waals surface area contributed by atoms with Gasteiger partial charge in [0.2, 0.25) is 5.82 Å². The summed E-state index contributed by atoms with van der Waals surface area (Å²) >= 11 is 3.10. The van der Waals surface area contributed by atoms with E-state index in [1.165, 1.54) is 24.2 Å². The molecule has 1 aromatic heterocycles. The Bertz CT molecular complexity index is 871. The van der Waals surface area contributed by atoms with E-state index >= 15 is 0 Å². The highest BCUT2D eigenvalue weighted by Crippen LogP contribution is 2.26. The summed E-state index contributed by atoms with van der Waals surface area (Å²) in [6.45, 7) is 0.127. The third-order valence-electron chi connectivity index (χ3n) is 3.13. The van der Waals surface area contributed by atoms with Crippen molar-refractivity contribution < 1.29 is 13.6 Å². The highest BCUT2D eigenvalue weighted by Gasteiger charge is 2.20. The molecule has 1 heterocycles. The maximum atomic E-state index is 14.2. The molecule has 0 aliphatic carbocycles. The van der Waals surface area contributed by atoms with Gasteiger partial charge < -0.3 is 15.7 Å². The molecule has 0 fully saturated rings. The summed E-state index contributed by atoms with van der Waals surface area (Å²) in [6, 6.07) is 4.02. The molecule has 0 aliphatic heterocycles. The number of anilines is 2. The second-order valence-electron chi connectivity index (χ2n) is 5.00.